The Hall–Kier alpha value is -2.55. The molecule has 1 unspecified atom stereocenters. The number of halogens is 3. The molecule has 10 heteroatoms. The van der Waals surface area contributed by atoms with Crippen LogP contribution in [0.15, 0.2) is 58.3 Å². The quantitative estimate of drug-likeness (QED) is 0.440. The van der Waals surface area contributed by atoms with Gasteiger partial charge in [0.25, 0.3) is 6.02 Å². The summed E-state index contributed by atoms with van der Waals surface area (Å²) in [5, 5.41) is 9.40. The van der Waals surface area contributed by atoms with E-state index in [1.807, 2.05) is 18.2 Å². The number of hydrogen-bond donors (Lipinski definition) is 2. The molecule has 3 aromatic rings. The van der Waals surface area contributed by atoms with Crippen LogP contribution in [-0.2, 0) is 10.3 Å². The number of ether oxygens (including phenoxy) is 2. The van der Waals surface area contributed by atoms with Crippen LogP contribution in [0.5, 0.6) is 17.2 Å². The van der Waals surface area contributed by atoms with Gasteiger partial charge in [0.2, 0.25) is 0 Å². The van der Waals surface area contributed by atoms with E-state index in [9.17, 15) is 0 Å². The molecule has 0 amide bonds. The summed E-state index contributed by atoms with van der Waals surface area (Å²) < 4.78 is 12.3. The summed E-state index contributed by atoms with van der Waals surface area (Å²) in [7, 11) is 0. The lowest BCUT2D eigenvalue weighted by atomic mass is 9.82. The number of nitrogens with two attached hydrogens (primary N) is 1. The number of fused-ring (bicyclic) bond motifs is 4. The number of rotatable bonds is 0. The molecule has 0 saturated carbocycles. The Labute approximate surface area is 184 Å². The molecule has 2 aliphatic rings. The van der Waals surface area contributed by atoms with E-state index in [0.29, 0.717) is 28.4 Å². The monoisotopic (exact) mass is 494 g/mol. The van der Waals surface area contributed by atoms with Gasteiger partial charge >= 0.3 is 0 Å². The van der Waals surface area contributed by atoms with Gasteiger partial charge in [0.05, 0.1) is 12.4 Å². The molecule has 0 saturated heterocycles. The van der Waals surface area contributed by atoms with E-state index in [1.54, 1.807) is 12.3 Å². The second-order valence-electron chi connectivity index (χ2n) is 6.18. The van der Waals surface area contributed by atoms with Gasteiger partial charge in [0.15, 0.2) is 11.3 Å². The molecule has 5 rings (SSSR count). The van der Waals surface area contributed by atoms with Crippen LogP contribution in [0.4, 0.5) is 0 Å². The molecular weight excluding hydrogens is 483 g/mol. The highest BCUT2D eigenvalue weighted by Gasteiger charge is 2.47. The Morgan fingerprint density at radius 1 is 1.00 bits per heavy atom. The average Bonchev–Trinajstić information content (AvgIpc) is 3.09. The third-order valence-corrected chi connectivity index (χ3v) is 5.25. The molecule has 4 heterocycles. The zero-order chi connectivity index (χ0) is 20.6. The van der Waals surface area contributed by atoms with Crippen molar-refractivity contribution in [3.05, 3.63) is 74.7 Å². The molecule has 2 aliphatic heterocycles. The number of hydrogen-bond acceptors (Lipinski definition) is 7. The van der Waals surface area contributed by atoms with Crippen molar-refractivity contribution in [1.29, 1.82) is 0 Å². The number of aromatic nitrogens is 2. The summed E-state index contributed by atoms with van der Waals surface area (Å²) >= 11 is 14.9. The van der Waals surface area contributed by atoms with Gasteiger partial charge in [-0.2, -0.15) is 0 Å². The maximum absolute atomic E-state index is 8.64. The minimum absolute atomic E-state index is 0.134. The molecule has 0 aliphatic carbocycles. The van der Waals surface area contributed by atoms with Crippen LogP contribution >= 0.6 is 39.1 Å². The first-order valence-electron chi connectivity index (χ1n) is 8.30. The number of pyridine rings is 2. The van der Waals surface area contributed by atoms with Gasteiger partial charge in [-0.3, -0.25) is 0 Å². The SMILES string of the molecule is NC1=NC2(CO1)c1cc(Br)ccc1Oc1cnc(Cl)cc12.Oc1ccc(Cl)nc1. The second kappa shape index (κ2) is 7.70. The highest BCUT2D eigenvalue weighted by atomic mass is 79.9. The van der Waals surface area contributed by atoms with Crippen molar-refractivity contribution < 1.29 is 14.6 Å². The minimum atomic E-state index is -0.747. The van der Waals surface area contributed by atoms with Gasteiger partial charge in [0.1, 0.15) is 28.4 Å². The van der Waals surface area contributed by atoms with Gasteiger partial charge in [-0.15, -0.1) is 0 Å². The standard InChI is InChI=1S/C14H9BrClN3O2.C5H4ClNO/c15-7-1-2-10-8(3-7)14(6-20-13(17)19-14)9-4-12(16)18-5-11(9)21-10;6-5-2-1-4(8)3-7-5/h1-5H,6H2,(H2,17,19);1-3,8H. The number of aromatic hydroxyl groups is 1. The maximum atomic E-state index is 8.64. The summed E-state index contributed by atoms with van der Waals surface area (Å²) in [6, 6.07) is 10.6. The number of aliphatic imine (C=N–C) groups is 1. The number of benzene rings is 1. The van der Waals surface area contributed by atoms with E-state index in [1.165, 1.54) is 18.3 Å². The fourth-order valence-corrected chi connectivity index (χ4v) is 3.71. The van der Waals surface area contributed by atoms with E-state index in [4.69, 9.17) is 43.5 Å². The Bertz CT molecular complexity index is 1040. The van der Waals surface area contributed by atoms with Crippen LogP contribution in [0.2, 0.25) is 10.3 Å². The molecule has 3 N–H and O–H groups in total. The first-order valence-corrected chi connectivity index (χ1v) is 9.85. The summed E-state index contributed by atoms with van der Waals surface area (Å²) in [6.07, 6.45) is 2.89. The lowest BCUT2D eigenvalue weighted by Gasteiger charge is -2.33. The van der Waals surface area contributed by atoms with E-state index in [0.717, 1.165) is 15.6 Å². The van der Waals surface area contributed by atoms with Crippen LogP contribution in [0, 0.1) is 0 Å². The van der Waals surface area contributed by atoms with Crippen molar-refractivity contribution in [2.75, 3.05) is 6.61 Å². The zero-order valence-electron chi connectivity index (χ0n) is 14.6. The molecule has 0 radical (unpaired) electrons. The minimum Gasteiger partial charge on any atom is -0.506 e. The predicted molar refractivity (Wildman–Crippen MR) is 113 cm³/mol. The number of amidine groups is 1. The molecule has 0 bridgehead atoms. The fourth-order valence-electron chi connectivity index (χ4n) is 3.07. The summed E-state index contributed by atoms with van der Waals surface area (Å²) in [5.74, 6) is 1.45. The molecule has 2 aromatic heterocycles. The average molecular weight is 496 g/mol. The molecule has 1 aromatic carbocycles. The van der Waals surface area contributed by atoms with Gasteiger partial charge in [-0.05, 0) is 36.4 Å². The smallest absolute Gasteiger partial charge is 0.283 e. The van der Waals surface area contributed by atoms with Crippen molar-refractivity contribution in [3.8, 4) is 17.2 Å². The molecule has 1 atom stereocenters. The summed E-state index contributed by atoms with van der Waals surface area (Å²) in [4.78, 5) is 12.2. The van der Waals surface area contributed by atoms with E-state index >= 15 is 0 Å². The molecule has 7 nitrogen and oxygen atoms in total. The Kier molecular flexibility index (Phi) is 5.24. The van der Waals surface area contributed by atoms with Crippen molar-refractivity contribution >= 4 is 45.2 Å². The zero-order valence-corrected chi connectivity index (χ0v) is 17.7. The second-order valence-corrected chi connectivity index (χ2v) is 7.87. The molecule has 1 spiro atoms. The molecule has 148 valence electrons. The Balaban J connectivity index is 0.000000216. The van der Waals surface area contributed by atoms with Crippen LogP contribution in [0.1, 0.15) is 11.1 Å². The van der Waals surface area contributed by atoms with Crippen molar-refractivity contribution in [2.45, 2.75) is 5.54 Å². The van der Waals surface area contributed by atoms with Crippen LogP contribution in [0.3, 0.4) is 0 Å². The summed E-state index contributed by atoms with van der Waals surface area (Å²) in [6.45, 7) is 0.305. The fraction of sp³-hybridized carbons (Fsp3) is 0.105. The van der Waals surface area contributed by atoms with Gasteiger partial charge < -0.3 is 20.3 Å². The van der Waals surface area contributed by atoms with Crippen molar-refractivity contribution in [1.82, 2.24) is 9.97 Å². The lowest BCUT2D eigenvalue weighted by Crippen LogP contribution is -2.31. The topological polar surface area (TPSA) is 103 Å². The maximum Gasteiger partial charge on any atom is 0.283 e. The predicted octanol–water partition coefficient (Wildman–Crippen LogP) is 4.63. The van der Waals surface area contributed by atoms with E-state index in [2.05, 4.69) is 30.9 Å². The van der Waals surface area contributed by atoms with Crippen LogP contribution < -0.4 is 10.5 Å². The molecule has 29 heavy (non-hydrogen) atoms. The summed E-state index contributed by atoms with van der Waals surface area (Å²) in [5.41, 5.74) is 6.69. The molecule has 0 fully saturated rings. The van der Waals surface area contributed by atoms with Crippen LogP contribution in [0.25, 0.3) is 0 Å². The third-order valence-electron chi connectivity index (χ3n) is 4.33. The largest absolute Gasteiger partial charge is 0.506 e. The van der Waals surface area contributed by atoms with Gasteiger partial charge in [0, 0.05) is 15.6 Å². The Morgan fingerprint density at radius 3 is 2.41 bits per heavy atom. The normalized spacial score (nSPS) is 18.5. The van der Waals surface area contributed by atoms with E-state index in [-0.39, 0.29) is 11.8 Å². The number of nitrogens with zero attached hydrogens (tertiary/aromatic N) is 3. The highest BCUT2D eigenvalue weighted by Crippen LogP contribution is 2.51. The Morgan fingerprint density at radius 2 is 1.76 bits per heavy atom. The first-order chi connectivity index (χ1) is 13.9. The van der Waals surface area contributed by atoms with Crippen molar-refractivity contribution in [3.63, 3.8) is 0 Å². The van der Waals surface area contributed by atoms with E-state index < -0.39 is 5.54 Å². The third kappa shape index (κ3) is 3.83. The highest BCUT2D eigenvalue weighted by molar-refractivity contribution is 9.10. The van der Waals surface area contributed by atoms with Gasteiger partial charge in [-0.25, -0.2) is 15.0 Å². The lowest BCUT2D eigenvalue weighted by molar-refractivity contribution is 0.264. The van der Waals surface area contributed by atoms with Crippen molar-refractivity contribution in [2.24, 2.45) is 10.7 Å². The molecular formula is C19H13BrCl2N4O3. The van der Waals surface area contributed by atoms with Crippen LogP contribution in [-0.4, -0.2) is 27.7 Å². The first kappa shape index (κ1) is 19.8. The van der Waals surface area contributed by atoms with Gasteiger partial charge in [-0.1, -0.05) is 39.1 Å².